The predicted octanol–water partition coefficient (Wildman–Crippen LogP) is 4.97. The quantitative estimate of drug-likeness (QED) is 0.516. The van der Waals surface area contributed by atoms with Crippen molar-refractivity contribution < 1.29 is 28.1 Å². The van der Waals surface area contributed by atoms with Gasteiger partial charge < -0.3 is 23.7 Å². The first-order chi connectivity index (χ1) is 16.8. The second-order valence-electron chi connectivity index (χ2n) is 8.61. The lowest BCUT2D eigenvalue weighted by molar-refractivity contribution is -0.299. The van der Waals surface area contributed by atoms with Crippen LogP contribution in [-0.4, -0.2) is 37.4 Å². The molecule has 178 valence electrons. The van der Waals surface area contributed by atoms with Crippen LogP contribution in [-0.2, 0) is 50.1 Å². The van der Waals surface area contributed by atoms with Crippen molar-refractivity contribution >= 4 is 0 Å². The van der Waals surface area contributed by atoms with Crippen molar-refractivity contribution in [2.75, 3.05) is 6.61 Å². The minimum Gasteiger partial charge on any atom is -0.374 e. The molecule has 0 spiro atoms. The van der Waals surface area contributed by atoms with Gasteiger partial charge in [-0.2, -0.15) is 0 Å². The fraction of sp³-hybridized carbons (Fsp3) is 0.357. The van der Waals surface area contributed by atoms with E-state index in [0.29, 0.717) is 19.8 Å². The second-order valence-corrected chi connectivity index (χ2v) is 8.61. The van der Waals surface area contributed by atoms with E-state index < -0.39 is 30.8 Å². The Morgan fingerprint density at radius 3 is 1.91 bits per heavy atom. The number of hydrogen-bond acceptors (Lipinski definition) is 5. The number of halogens is 1. The molecule has 34 heavy (non-hydrogen) atoms. The van der Waals surface area contributed by atoms with Crippen molar-refractivity contribution in [1.82, 2.24) is 0 Å². The standard InChI is InChI=1S/C28H29FO5/c29-28-27(32-16-21-11-5-2-6-12-21)26-25(31-15-20-9-3-1-4-10-20)24(34-28)19-30-17-22-13-7-8-14-23(22)18-33-26/h1-14,24-28H,15-19H2/t24-,25+,26+,27-,28?/m1/s1. The molecule has 5 atom stereocenters. The van der Waals surface area contributed by atoms with Crippen LogP contribution in [0.15, 0.2) is 84.9 Å². The Kier molecular flexibility index (Phi) is 7.63. The first kappa shape index (κ1) is 23.1. The molecule has 0 N–H and O–H groups in total. The van der Waals surface area contributed by atoms with Gasteiger partial charge in [-0.15, -0.1) is 0 Å². The highest BCUT2D eigenvalue weighted by molar-refractivity contribution is 5.26. The Bertz CT molecular complexity index is 1030. The van der Waals surface area contributed by atoms with Gasteiger partial charge in [-0.3, -0.25) is 0 Å². The lowest BCUT2D eigenvalue weighted by atomic mass is 9.98. The van der Waals surface area contributed by atoms with Crippen LogP contribution in [0.4, 0.5) is 4.39 Å². The number of rotatable bonds is 6. The first-order valence-corrected chi connectivity index (χ1v) is 11.6. The summed E-state index contributed by atoms with van der Waals surface area (Å²) in [6.07, 6.45) is -4.45. The van der Waals surface area contributed by atoms with Gasteiger partial charge in [0.2, 0.25) is 6.36 Å². The molecule has 3 aromatic rings. The zero-order valence-electron chi connectivity index (χ0n) is 18.9. The van der Waals surface area contributed by atoms with Gasteiger partial charge in [0.25, 0.3) is 0 Å². The summed E-state index contributed by atoms with van der Waals surface area (Å²) in [7, 11) is 0. The smallest absolute Gasteiger partial charge is 0.228 e. The van der Waals surface area contributed by atoms with Crippen LogP contribution < -0.4 is 0 Å². The molecule has 5 nitrogen and oxygen atoms in total. The summed E-state index contributed by atoms with van der Waals surface area (Å²) < 4.78 is 45.8. The molecule has 0 radical (unpaired) electrons. The Balaban J connectivity index is 1.40. The Labute approximate surface area is 199 Å². The number of fused-ring (bicyclic) bond motifs is 3. The summed E-state index contributed by atoms with van der Waals surface area (Å²) in [6.45, 7) is 1.50. The lowest BCUT2D eigenvalue weighted by Gasteiger charge is -2.44. The molecule has 1 unspecified atom stereocenters. The van der Waals surface area contributed by atoms with Crippen molar-refractivity contribution in [1.29, 1.82) is 0 Å². The minimum absolute atomic E-state index is 0.194. The topological polar surface area (TPSA) is 46.2 Å². The van der Waals surface area contributed by atoms with E-state index in [1.54, 1.807) is 0 Å². The second kappa shape index (κ2) is 11.2. The van der Waals surface area contributed by atoms with Crippen molar-refractivity contribution in [2.24, 2.45) is 0 Å². The van der Waals surface area contributed by atoms with Gasteiger partial charge >= 0.3 is 0 Å². The van der Waals surface area contributed by atoms with Crippen LogP contribution in [0.3, 0.4) is 0 Å². The molecule has 5 rings (SSSR count). The molecule has 6 heteroatoms. The van der Waals surface area contributed by atoms with E-state index in [0.717, 1.165) is 22.3 Å². The maximum absolute atomic E-state index is 15.3. The highest BCUT2D eigenvalue weighted by Gasteiger charge is 2.49. The van der Waals surface area contributed by atoms with Gasteiger partial charge in [0.1, 0.15) is 24.4 Å². The van der Waals surface area contributed by atoms with Crippen LogP contribution in [0.1, 0.15) is 22.3 Å². The maximum Gasteiger partial charge on any atom is 0.228 e. The third-order valence-corrected chi connectivity index (χ3v) is 6.24. The van der Waals surface area contributed by atoms with Gasteiger partial charge in [-0.1, -0.05) is 84.9 Å². The van der Waals surface area contributed by atoms with Crippen LogP contribution in [0.2, 0.25) is 0 Å². The molecule has 2 heterocycles. The van der Waals surface area contributed by atoms with E-state index in [-0.39, 0.29) is 13.2 Å². The molecule has 0 amide bonds. The van der Waals surface area contributed by atoms with E-state index in [1.165, 1.54) is 0 Å². The molecule has 0 aromatic heterocycles. The molecular weight excluding hydrogens is 435 g/mol. The van der Waals surface area contributed by atoms with Gasteiger partial charge in [-0.25, -0.2) is 4.39 Å². The normalized spacial score (nSPS) is 27.0. The van der Waals surface area contributed by atoms with Crippen LogP contribution in [0, 0.1) is 0 Å². The predicted molar refractivity (Wildman–Crippen MR) is 124 cm³/mol. The van der Waals surface area contributed by atoms with E-state index in [9.17, 15) is 0 Å². The van der Waals surface area contributed by atoms with Crippen LogP contribution in [0.25, 0.3) is 0 Å². The van der Waals surface area contributed by atoms with Crippen molar-refractivity contribution in [2.45, 2.75) is 57.2 Å². The molecule has 1 fully saturated rings. The Hall–Kier alpha value is -2.61. The SMILES string of the molecule is FC1O[C@@H]2COCc3ccccc3CO[C@@H]([C@H]2OCc2ccccc2)[C@H]1OCc1ccccc1. The first-order valence-electron chi connectivity index (χ1n) is 11.6. The van der Waals surface area contributed by atoms with E-state index in [1.807, 2.05) is 84.9 Å². The van der Waals surface area contributed by atoms with Crippen molar-refractivity contribution in [3.63, 3.8) is 0 Å². The molecule has 2 bridgehead atoms. The number of benzene rings is 3. The van der Waals surface area contributed by atoms with E-state index >= 15 is 4.39 Å². The zero-order chi connectivity index (χ0) is 23.2. The molecule has 0 saturated carbocycles. The van der Waals surface area contributed by atoms with Gasteiger partial charge in [0, 0.05) is 0 Å². The van der Waals surface area contributed by atoms with E-state index in [4.69, 9.17) is 23.7 Å². The third kappa shape index (κ3) is 5.54. The molecule has 3 aromatic carbocycles. The third-order valence-electron chi connectivity index (χ3n) is 6.24. The fourth-order valence-corrected chi connectivity index (χ4v) is 4.41. The number of alkyl halides is 1. The largest absolute Gasteiger partial charge is 0.374 e. The van der Waals surface area contributed by atoms with Gasteiger partial charge in [0.15, 0.2) is 0 Å². The monoisotopic (exact) mass is 464 g/mol. The van der Waals surface area contributed by atoms with Crippen LogP contribution in [0.5, 0.6) is 0 Å². The summed E-state index contributed by atoms with van der Waals surface area (Å²) in [5.74, 6) is 0. The molecule has 1 saturated heterocycles. The van der Waals surface area contributed by atoms with Crippen molar-refractivity contribution in [3.8, 4) is 0 Å². The van der Waals surface area contributed by atoms with Gasteiger partial charge in [-0.05, 0) is 22.3 Å². The summed E-state index contributed by atoms with van der Waals surface area (Å²) in [5, 5.41) is 0. The maximum atomic E-state index is 15.3. The highest BCUT2D eigenvalue weighted by atomic mass is 19.1. The summed E-state index contributed by atoms with van der Waals surface area (Å²) in [6, 6.07) is 27.5. The average molecular weight is 465 g/mol. The highest BCUT2D eigenvalue weighted by Crippen LogP contribution is 2.32. The summed E-state index contributed by atoms with van der Waals surface area (Å²) >= 11 is 0. The lowest BCUT2D eigenvalue weighted by Crippen LogP contribution is -2.60. The summed E-state index contributed by atoms with van der Waals surface area (Å²) in [4.78, 5) is 0. The molecule has 0 aliphatic carbocycles. The zero-order valence-corrected chi connectivity index (χ0v) is 18.9. The fourth-order valence-electron chi connectivity index (χ4n) is 4.41. The van der Waals surface area contributed by atoms with Crippen LogP contribution >= 0.6 is 0 Å². The minimum atomic E-state index is -1.66. The van der Waals surface area contributed by atoms with Crippen molar-refractivity contribution in [3.05, 3.63) is 107 Å². The number of ether oxygens (including phenoxy) is 5. The number of hydrogen-bond donors (Lipinski definition) is 0. The van der Waals surface area contributed by atoms with E-state index in [2.05, 4.69) is 0 Å². The molecule has 2 aliphatic rings. The summed E-state index contributed by atoms with van der Waals surface area (Å²) in [5.41, 5.74) is 4.02. The Morgan fingerprint density at radius 2 is 1.26 bits per heavy atom. The molecular formula is C28H29FO5. The average Bonchev–Trinajstić information content (AvgIpc) is 2.88. The Morgan fingerprint density at radius 1 is 0.706 bits per heavy atom. The molecule has 2 aliphatic heterocycles. The van der Waals surface area contributed by atoms with Gasteiger partial charge in [0.05, 0.1) is 33.0 Å².